The van der Waals surface area contributed by atoms with E-state index in [1.807, 2.05) is 6.07 Å². The van der Waals surface area contributed by atoms with Crippen molar-refractivity contribution in [3.8, 4) is 95.0 Å². The van der Waals surface area contributed by atoms with Gasteiger partial charge in [-0.2, -0.15) is 0 Å². The summed E-state index contributed by atoms with van der Waals surface area (Å²) in [6, 6.07) is 165. The van der Waals surface area contributed by atoms with Gasteiger partial charge >= 0.3 is 0 Å². The fourth-order valence-corrected chi connectivity index (χ4v) is 21.8. The lowest BCUT2D eigenvalue weighted by Gasteiger charge is -2.12. The Morgan fingerprint density at radius 1 is 0.139 bits per heavy atom. The van der Waals surface area contributed by atoms with E-state index < -0.39 is 0 Å². The van der Waals surface area contributed by atoms with Crippen LogP contribution in [0, 0.1) is 0 Å². The van der Waals surface area contributed by atoms with E-state index in [1.165, 1.54) is 32.7 Å². The van der Waals surface area contributed by atoms with Gasteiger partial charge in [-0.1, -0.05) is 322 Å². The number of benzene rings is 21. The number of nitrogens with zero attached hydrogens (tertiary/aromatic N) is 3. The Hall–Kier alpha value is -18.4. The fourth-order valence-electron chi connectivity index (χ4n) is 21.8. The molecule has 0 unspecified atom stereocenters. The molecule has 0 saturated carbocycles. The van der Waals surface area contributed by atoms with Crippen LogP contribution in [0.4, 0.5) is 0 Å². The van der Waals surface area contributed by atoms with E-state index in [9.17, 15) is 0 Å². The van der Waals surface area contributed by atoms with Gasteiger partial charge in [-0.25, -0.2) is 0 Å². The van der Waals surface area contributed by atoms with Crippen molar-refractivity contribution in [2.75, 3.05) is 0 Å². The van der Waals surface area contributed by atoms with E-state index in [1.54, 1.807) is 0 Å². The number of rotatable bonds is 10. The van der Waals surface area contributed by atoms with Gasteiger partial charge in [0.1, 0.15) is 66.8 Å². The molecular formula is C128H77N3O6. The second-order valence-electron chi connectivity index (χ2n) is 35.4. The zero-order valence-electron chi connectivity index (χ0n) is 73.7. The molecule has 9 nitrogen and oxygen atoms in total. The van der Waals surface area contributed by atoms with Crippen molar-refractivity contribution in [2.24, 2.45) is 0 Å². The van der Waals surface area contributed by atoms with Crippen molar-refractivity contribution >= 4 is 186 Å². The van der Waals surface area contributed by atoms with Crippen LogP contribution in [0.2, 0.25) is 0 Å². The number of hydrogen-bond acceptors (Lipinski definition) is 6. The topological polar surface area (TPSA) is 93.6 Å². The molecule has 0 aliphatic heterocycles. The molecule has 21 aromatic carbocycles. The second kappa shape index (κ2) is 31.1. The highest BCUT2D eigenvalue weighted by molar-refractivity contribution is 6.25. The fraction of sp³-hybridized carbons (Fsp3) is 0. The maximum atomic E-state index is 6.61. The summed E-state index contributed by atoms with van der Waals surface area (Å²) in [5.74, 6) is 0. The molecule has 0 radical (unpaired) electrons. The average Bonchev–Trinajstić information content (AvgIpc) is 1.56. The number of furan rings is 6. The smallest absolute Gasteiger partial charge is 0.161 e. The molecule has 9 heteroatoms. The van der Waals surface area contributed by atoms with Crippen LogP contribution in [0.15, 0.2) is 494 Å². The van der Waals surface area contributed by atoms with Gasteiger partial charge in [0, 0.05) is 92.6 Å². The quantitative estimate of drug-likeness (QED) is 0.135. The van der Waals surface area contributed by atoms with Gasteiger partial charge < -0.3 is 40.2 Å². The van der Waals surface area contributed by atoms with Gasteiger partial charge in [-0.05, 0) is 234 Å². The zero-order chi connectivity index (χ0) is 89.9. The van der Waals surface area contributed by atoms with E-state index in [0.717, 1.165) is 249 Å². The minimum Gasteiger partial charge on any atom is -0.456 e. The first kappa shape index (κ1) is 77.3. The molecule has 0 aliphatic rings. The van der Waals surface area contributed by atoms with Crippen molar-refractivity contribution < 1.29 is 26.5 Å². The number of aromatic nitrogens is 3. The van der Waals surface area contributed by atoms with Crippen molar-refractivity contribution in [1.82, 2.24) is 13.7 Å². The van der Waals surface area contributed by atoms with E-state index in [0.29, 0.717) is 0 Å². The highest BCUT2D eigenvalue weighted by atomic mass is 16.4. The molecule has 0 atom stereocenters. The van der Waals surface area contributed by atoms with Crippen molar-refractivity contribution in [2.45, 2.75) is 0 Å². The number of fused-ring (bicyclic) bond motifs is 28. The first-order valence-corrected chi connectivity index (χ1v) is 46.5. The standard InChI is InChI=1S/C44H27NO2.2C42H25NO2/c1-3-13-28(14-4-1)32-20-11-22-36-41-34(21-12-24-40(41)47-43(32)36)33-18-8-7-17-31(33)29-25-26-39-37(27-29)42-44(46-39)35-19-9-10-23-38(35)45(42)30-15-5-2-6-16-30;1-2-12-28(13-3-1)43-36-19-9-8-17-33(36)42-40(43)35-25-27(22-24-37(35)44-42)29-14-6-7-16-31(29)32-18-10-20-38-39(32)34-23-21-26-11-4-5-15-30(26)41(34)45-38;1-2-11-29(12-3-1)43-36-17-9-8-16-33(36)42-41(43)35-24-27(20-22-37(35)45-42)30-13-6-7-14-31(30)28-18-21-34-39(25-28)44-38-23-19-26-10-4-5-15-32(26)40(34)38/h1-27H;2*1-25H. The molecule has 30 aromatic rings. The molecule has 30 rings (SSSR count). The summed E-state index contributed by atoms with van der Waals surface area (Å²) in [5, 5.41) is 18.2. The lowest BCUT2D eigenvalue weighted by Crippen LogP contribution is -1.93. The van der Waals surface area contributed by atoms with Crippen molar-refractivity contribution in [1.29, 1.82) is 0 Å². The molecule has 0 bridgehead atoms. The largest absolute Gasteiger partial charge is 0.456 e. The van der Waals surface area contributed by atoms with Crippen LogP contribution in [-0.4, -0.2) is 13.7 Å². The lowest BCUT2D eigenvalue weighted by atomic mass is 9.91. The van der Waals surface area contributed by atoms with E-state index in [2.05, 4.69) is 475 Å². The van der Waals surface area contributed by atoms with Gasteiger partial charge in [0.05, 0.1) is 16.6 Å². The van der Waals surface area contributed by atoms with Gasteiger partial charge in [-0.15, -0.1) is 0 Å². The molecule has 0 fully saturated rings. The molecule has 0 amide bonds. The van der Waals surface area contributed by atoms with Crippen molar-refractivity contribution in [3.63, 3.8) is 0 Å². The van der Waals surface area contributed by atoms with Crippen molar-refractivity contribution in [3.05, 3.63) is 467 Å². The first-order valence-electron chi connectivity index (χ1n) is 46.5. The SMILES string of the molecule is c1ccc(-c2cccc3c2oc2cccc(-c4ccccc4-c4ccc5oc6c7ccccc7n(-c7ccccc7)c6c5c4)c23)cc1.c1ccc(-n2c3ccccc3c3oc4ccc(-c5ccccc5-c5ccc6c(c5)oc5ccc7ccccc7c56)cc4c32)cc1.c1ccc(-n2c3ccccc3c3oc4ccc(-c5ccccc5-c5cccc6oc7c8ccccc8ccc7c56)cc4c32)cc1. The third kappa shape index (κ3) is 12.3. The predicted octanol–water partition coefficient (Wildman–Crippen LogP) is 36.3. The van der Waals surface area contributed by atoms with Gasteiger partial charge in [0.2, 0.25) is 0 Å². The summed E-state index contributed by atoms with van der Waals surface area (Å²) in [6.07, 6.45) is 0. The summed E-state index contributed by atoms with van der Waals surface area (Å²) in [4.78, 5) is 0. The molecule has 137 heavy (non-hydrogen) atoms. The summed E-state index contributed by atoms with van der Waals surface area (Å²) in [5.41, 5.74) is 36.9. The van der Waals surface area contributed by atoms with Crippen LogP contribution >= 0.6 is 0 Å². The molecule has 0 N–H and O–H groups in total. The Balaban J connectivity index is 0.000000102. The third-order valence-corrected chi connectivity index (χ3v) is 27.8. The van der Waals surface area contributed by atoms with Crippen LogP contribution < -0.4 is 0 Å². The second-order valence-corrected chi connectivity index (χ2v) is 35.4. The summed E-state index contributed by atoms with van der Waals surface area (Å²) < 4.78 is 46.3. The predicted molar refractivity (Wildman–Crippen MR) is 567 cm³/mol. The maximum Gasteiger partial charge on any atom is 0.161 e. The Labute approximate surface area is 783 Å². The monoisotopic (exact) mass is 1750 g/mol. The van der Waals surface area contributed by atoms with E-state index in [4.69, 9.17) is 26.5 Å². The zero-order valence-corrected chi connectivity index (χ0v) is 73.7. The number of para-hydroxylation sites is 7. The normalized spacial score (nSPS) is 11.9. The summed E-state index contributed by atoms with van der Waals surface area (Å²) in [7, 11) is 0. The van der Waals surface area contributed by atoms with E-state index >= 15 is 0 Å². The minimum atomic E-state index is 0.878. The van der Waals surface area contributed by atoms with Crippen LogP contribution in [0.5, 0.6) is 0 Å². The number of hydrogen-bond donors (Lipinski definition) is 0. The molecule has 9 aromatic heterocycles. The van der Waals surface area contributed by atoms with Gasteiger partial charge in [-0.3, -0.25) is 0 Å². The van der Waals surface area contributed by atoms with Crippen LogP contribution in [0.3, 0.4) is 0 Å². The van der Waals surface area contributed by atoms with Crippen LogP contribution in [0.1, 0.15) is 0 Å². The Morgan fingerprint density at radius 3 is 0.934 bits per heavy atom. The molecular weight excluding hydrogens is 1680 g/mol. The molecule has 0 aliphatic carbocycles. The maximum absolute atomic E-state index is 6.61. The van der Waals surface area contributed by atoms with Crippen LogP contribution in [0.25, 0.3) is 281 Å². The van der Waals surface area contributed by atoms with E-state index in [-0.39, 0.29) is 0 Å². The van der Waals surface area contributed by atoms with Gasteiger partial charge in [0.15, 0.2) is 16.7 Å². The Morgan fingerprint density at radius 2 is 0.453 bits per heavy atom. The Kier molecular flexibility index (Phi) is 17.6. The summed E-state index contributed by atoms with van der Waals surface area (Å²) >= 11 is 0. The molecule has 9 heterocycles. The third-order valence-electron chi connectivity index (χ3n) is 27.8. The summed E-state index contributed by atoms with van der Waals surface area (Å²) in [6.45, 7) is 0. The molecule has 0 saturated heterocycles. The highest BCUT2D eigenvalue weighted by Crippen LogP contribution is 2.51. The van der Waals surface area contributed by atoms with Crippen LogP contribution in [-0.2, 0) is 0 Å². The Bertz CT molecular complexity index is 10100. The highest BCUT2D eigenvalue weighted by Gasteiger charge is 2.28. The first-order chi connectivity index (χ1) is 68.0. The molecule has 640 valence electrons. The average molecular weight is 1750 g/mol. The minimum absolute atomic E-state index is 0.878. The lowest BCUT2D eigenvalue weighted by molar-refractivity contribution is 0.669. The van der Waals surface area contributed by atoms with Gasteiger partial charge in [0.25, 0.3) is 0 Å². The molecule has 0 spiro atoms.